The summed E-state index contributed by atoms with van der Waals surface area (Å²) in [5.41, 5.74) is 8.25. The van der Waals surface area contributed by atoms with Crippen molar-refractivity contribution in [3.8, 4) is 0 Å². The summed E-state index contributed by atoms with van der Waals surface area (Å²) in [6.45, 7) is 1.94. The van der Waals surface area contributed by atoms with Crippen LogP contribution in [0.5, 0.6) is 0 Å². The largest absolute Gasteiger partial charge is 0.398 e. The van der Waals surface area contributed by atoms with Crippen LogP contribution in [0.1, 0.15) is 5.56 Å². The standard InChI is InChI=1S/C13H14N2OS2/c1-9-4-5-10(7-11(9)14)15-12(16)8-18-13-3-2-6-17-13/h2-7H,8,14H2,1H3,(H,15,16). The van der Waals surface area contributed by atoms with E-state index in [4.69, 9.17) is 5.73 Å². The first-order valence-electron chi connectivity index (χ1n) is 5.47. The van der Waals surface area contributed by atoms with Crippen LogP contribution in [0.4, 0.5) is 11.4 Å². The molecule has 1 amide bonds. The SMILES string of the molecule is Cc1ccc(NC(=O)CSc2cccs2)cc1N. The lowest BCUT2D eigenvalue weighted by Gasteiger charge is -2.07. The first kappa shape index (κ1) is 13.0. The van der Waals surface area contributed by atoms with Gasteiger partial charge in [-0.3, -0.25) is 4.79 Å². The van der Waals surface area contributed by atoms with Crippen molar-refractivity contribution in [1.29, 1.82) is 0 Å². The van der Waals surface area contributed by atoms with Gasteiger partial charge in [-0.15, -0.1) is 23.1 Å². The molecule has 2 rings (SSSR count). The van der Waals surface area contributed by atoms with E-state index in [0.29, 0.717) is 11.4 Å². The second kappa shape index (κ2) is 5.93. The van der Waals surface area contributed by atoms with E-state index in [1.165, 1.54) is 11.8 Å². The highest BCUT2D eigenvalue weighted by Gasteiger charge is 2.05. The third-order valence-corrected chi connectivity index (χ3v) is 4.53. The Morgan fingerprint density at radius 1 is 1.44 bits per heavy atom. The molecule has 0 saturated carbocycles. The molecule has 94 valence electrons. The first-order chi connectivity index (χ1) is 8.65. The fraction of sp³-hybridized carbons (Fsp3) is 0.154. The third kappa shape index (κ3) is 3.51. The van der Waals surface area contributed by atoms with Crippen molar-refractivity contribution in [3.63, 3.8) is 0 Å². The molecule has 1 aromatic heterocycles. The molecule has 0 spiro atoms. The van der Waals surface area contributed by atoms with Crippen LogP contribution in [0.25, 0.3) is 0 Å². The van der Waals surface area contributed by atoms with Crippen LogP contribution in [0.15, 0.2) is 39.9 Å². The van der Waals surface area contributed by atoms with Crippen LogP contribution >= 0.6 is 23.1 Å². The van der Waals surface area contributed by atoms with Gasteiger partial charge in [0.25, 0.3) is 0 Å². The van der Waals surface area contributed by atoms with Crippen LogP contribution < -0.4 is 11.1 Å². The molecule has 0 radical (unpaired) electrons. The van der Waals surface area contributed by atoms with Gasteiger partial charge in [-0.1, -0.05) is 12.1 Å². The molecule has 0 aliphatic heterocycles. The zero-order chi connectivity index (χ0) is 13.0. The molecule has 18 heavy (non-hydrogen) atoms. The predicted octanol–water partition coefficient (Wildman–Crippen LogP) is 3.37. The first-order valence-corrected chi connectivity index (χ1v) is 7.34. The van der Waals surface area contributed by atoms with Gasteiger partial charge in [0, 0.05) is 11.4 Å². The molecular weight excluding hydrogens is 264 g/mol. The van der Waals surface area contributed by atoms with E-state index in [1.807, 2.05) is 36.6 Å². The molecule has 5 heteroatoms. The minimum atomic E-state index is -0.0170. The zero-order valence-electron chi connectivity index (χ0n) is 9.97. The minimum absolute atomic E-state index is 0.0170. The van der Waals surface area contributed by atoms with E-state index in [0.717, 1.165) is 15.5 Å². The van der Waals surface area contributed by atoms with Gasteiger partial charge in [0.15, 0.2) is 0 Å². The van der Waals surface area contributed by atoms with Crippen molar-refractivity contribution in [2.24, 2.45) is 0 Å². The Morgan fingerprint density at radius 3 is 2.94 bits per heavy atom. The monoisotopic (exact) mass is 278 g/mol. The molecule has 1 heterocycles. The number of carbonyl (C=O) groups excluding carboxylic acids is 1. The normalized spacial score (nSPS) is 10.3. The van der Waals surface area contributed by atoms with E-state index in [-0.39, 0.29) is 5.91 Å². The number of hydrogen-bond acceptors (Lipinski definition) is 4. The quantitative estimate of drug-likeness (QED) is 0.666. The summed E-state index contributed by atoms with van der Waals surface area (Å²) >= 11 is 3.18. The number of hydrogen-bond donors (Lipinski definition) is 2. The maximum absolute atomic E-state index is 11.7. The van der Waals surface area contributed by atoms with Crippen molar-refractivity contribution in [2.75, 3.05) is 16.8 Å². The number of nitrogen functional groups attached to an aromatic ring is 1. The molecule has 0 bridgehead atoms. The number of thioether (sulfide) groups is 1. The molecule has 3 N–H and O–H groups in total. The number of anilines is 2. The summed E-state index contributed by atoms with van der Waals surface area (Å²) in [6.07, 6.45) is 0. The average Bonchev–Trinajstić information content (AvgIpc) is 2.84. The summed E-state index contributed by atoms with van der Waals surface area (Å²) in [5, 5.41) is 4.84. The van der Waals surface area contributed by atoms with Crippen LogP contribution in [-0.4, -0.2) is 11.7 Å². The maximum atomic E-state index is 11.7. The van der Waals surface area contributed by atoms with E-state index >= 15 is 0 Å². The Balaban J connectivity index is 1.88. The van der Waals surface area contributed by atoms with Crippen molar-refractivity contribution in [3.05, 3.63) is 41.3 Å². The molecule has 1 aromatic carbocycles. The number of rotatable bonds is 4. The Labute approximate surface area is 114 Å². The summed E-state index contributed by atoms with van der Waals surface area (Å²) in [5.74, 6) is 0.394. The summed E-state index contributed by atoms with van der Waals surface area (Å²) in [6, 6.07) is 9.53. The van der Waals surface area contributed by atoms with Gasteiger partial charge in [-0.2, -0.15) is 0 Å². The van der Waals surface area contributed by atoms with Gasteiger partial charge >= 0.3 is 0 Å². The Bertz CT molecular complexity index is 538. The Morgan fingerprint density at radius 2 is 2.28 bits per heavy atom. The smallest absolute Gasteiger partial charge is 0.234 e. The molecule has 2 aromatic rings. The average molecular weight is 278 g/mol. The molecule has 0 saturated heterocycles. The minimum Gasteiger partial charge on any atom is -0.398 e. The van der Waals surface area contributed by atoms with E-state index in [2.05, 4.69) is 5.32 Å². The molecule has 0 unspecified atom stereocenters. The summed E-state index contributed by atoms with van der Waals surface area (Å²) in [7, 11) is 0. The van der Waals surface area contributed by atoms with Crippen molar-refractivity contribution < 1.29 is 4.79 Å². The number of thiophene rings is 1. The zero-order valence-corrected chi connectivity index (χ0v) is 11.6. The molecule has 0 aliphatic carbocycles. The molecule has 0 atom stereocenters. The highest BCUT2D eigenvalue weighted by Crippen LogP contribution is 2.23. The highest BCUT2D eigenvalue weighted by molar-refractivity contribution is 8.01. The number of nitrogens with one attached hydrogen (secondary N) is 1. The van der Waals surface area contributed by atoms with E-state index < -0.39 is 0 Å². The number of aryl methyl sites for hydroxylation is 1. The maximum Gasteiger partial charge on any atom is 0.234 e. The molecule has 0 aliphatic rings. The number of amides is 1. The molecule has 3 nitrogen and oxygen atoms in total. The van der Waals surface area contributed by atoms with Gasteiger partial charge in [-0.25, -0.2) is 0 Å². The molecular formula is C13H14N2OS2. The third-order valence-electron chi connectivity index (χ3n) is 2.40. The lowest BCUT2D eigenvalue weighted by atomic mass is 10.2. The second-order valence-corrected chi connectivity index (χ2v) is 6.06. The lowest BCUT2D eigenvalue weighted by Crippen LogP contribution is -2.14. The number of nitrogens with two attached hydrogens (primary N) is 1. The summed E-state index contributed by atoms with van der Waals surface area (Å²) < 4.78 is 1.15. The fourth-order valence-electron chi connectivity index (χ4n) is 1.40. The van der Waals surface area contributed by atoms with Gasteiger partial charge in [-0.05, 0) is 36.1 Å². The molecule has 0 fully saturated rings. The van der Waals surface area contributed by atoms with Crippen LogP contribution in [0.2, 0.25) is 0 Å². The van der Waals surface area contributed by atoms with Crippen LogP contribution in [0, 0.1) is 6.92 Å². The number of benzene rings is 1. The van der Waals surface area contributed by atoms with E-state index in [1.54, 1.807) is 17.4 Å². The van der Waals surface area contributed by atoms with Crippen molar-refractivity contribution in [2.45, 2.75) is 11.1 Å². The van der Waals surface area contributed by atoms with Crippen LogP contribution in [0.3, 0.4) is 0 Å². The van der Waals surface area contributed by atoms with Crippen LogP contribution in [-0.2, 0) is 4.79 Å². The van der Waals surface area contributed by atoms with Crippen molar-refractivity contribution >= 4 is 40.4 Å². The summed E-state index contributed by atoms with van der Waals surface area (Å²) in [4.78, 5) is 11.7. The lowest BCUT2D eigenvalue weighted by molar-refractivity contribution is -0.113. The fourth-order valence-corrected chi connectivity index (χ4v) is 2.98. The second-order valence-electron chi connectivity index (χ2n) is 3.84. The van der Waals surface area contributed by atoms with Gasteiger partial charge in [0.05, 0.1) is 9.96 Å². The topological polar surface area (TPSA) is 55.1 Å². The Kier molecular flexibility index (Phi) is 4.28. The van der Waals surface area contributed by atoms with Crippen molar-refractivity contribution in [1.82, 2.24) is 0 Å². The highest BCUT2D eigenvalue weighted by atomic mass is 32.2. The Hall–Kier alpha value is -1.46. The van der Waals surface area contributed by atoms with E-state index in [9.17, 15) is 4.79 Å². The predicted molar refractivity (Wildman–Crippen MR) is 79.3 cm³/mol. The number of carbonyl (C=O) groups is 1. The van der Waals surface area contributed by atoms with Gasteiger partial charge in [0.2, 0.25) is 5.91 Å². The van der Waals surface area contributed by atoms with Gasteiger partial charge < -0.3 is 11.1 Å². The van der Waals surface area contributed by atoms with Gasteiger partial charge in [0.1, 0.15) is 0 Å².